The molecule has 0 radical (unpaired) electrons. The molecule has 10 aromatic rings. The third-order valence-electron chi connectivity index (χ3n) is 12.2. The minimum atomic E-state index is -2.78. The van der Waals surface area contributed by atoms with Gasteiger partial charge >= 0.3 is 5.84 Å². The second kappa shape index (κ2) is 12.1. The van der Waals surface area contributed by atoms with E-state index in [0.29, 0.717) is 33.3 Å². The number of hydrogen-bond donors (Lipinski definition) is 0. The lowest BCUT2D eigenvalue weighted by molar-refractivity contribution is 0.419. The van der Waals surface area contributed by atoms with Gasteiger partial charge in [0, 0.05) is 57.3 Å². The normalized spacial score (nSPS) is 16.3. The van der Waals surface area contributed by atoms with Crippen molar-refractivity contribution in [2.45, 2.75) is 39.8 Å². The summed E-state index contributed by atoms with van der Waals surface area (Å²) in [6.07, 6.45) is 3.37. The molecule has 59 heavy (non-hydrogen) atoms. The summed E-state index contributed by atoms with van der Waals surface area (Å²) in [4.78, 5) is 13.8. The molecule has 0 amide bonds. The number of imidazole rings is 1. The van der Waals surface area contributed by atoms with Crippen LogP contribution >= 0.6 is 0 Å². The molecule has 0 N–H and O–H groups in total. The van der Waals surface area contributed by atoms with Crippen LogP contribution < -0.4 is 4.74 Å². The van der Waals surface area contributed by atoms with E-state index in [0.717, 1.165) is 50.2 Å². The lowest BCUT2D eigenvalue weighted by atomic mass is 9.73. The van der Waals surface area contributed by atoms with Gasteiger partial charge in [0.05, 0.1) is 22.2 Å². The Bertz CT molecular complexity index is 3780. The fraction of sp³-hybridized carbons (Fsp3) is 0.113. The second-order valence-corrected chi connectivity index (χ2v) is 15.8. The van der Waals surface area contributed by atoms with E-state index in [2.05, 4.69) is 22.1 Å². The van der Waals surface area contributed by atoms with Crippen LogP contribution in [-0.4, -0.2) is 19.4 Å². The van der Waals surface area contributed by atoms with Gasteiger partial charge in [0.1, 0.15) is 17.8 Å². The summed E-state index contributed by atoms with van der Waals surface area (Å²) in [5.74, 6) is 0.710. The Morgan fingerprint density at radius 1 is 0.593 bits per heavy atom. The molecule has 7 aromatic carbocycles. The van der Waals surface area contributed by atoms with Crippen molar-refractivity contribution in [3.05, 3.63) is 168 Å². The molecular formula is C53H38N4O2. The van der Waals surface area contributed by atoms with Gasteiger partial charge < -0.3 is 9.15 Å². The van der Waals surface area contributed by atoms with Crippen LogP contribution in [0.15, 0.2) is 144 Å². The van der Waals surface area contributed by atoms with Gasteiger partial charge in [-0.15, -0.1) is 0 Å². The molecule has 282 valence electrons. The van der Waals surface area contributed by atoms with Crippen LogP contribution in [0.2, 0.25) is 0 Å². The van der Waals surface area contributed by atoms with Crippen LogP contribution in [-0.2, 0) is 5.41 Å². The summed E-state index contributed by atoms with van der Waals surface area (Å²) >= 11 is 0. The van der Waals surface area contributed by atoms with E-state index in [1.54, 1.807) is 28.7 Å². The van der Waals surface area contributed by atoms with E-state index >= 15 is 0 Å². The average Bonchev–Trinajstić information content (AvgIpc) is 3.86. The summed E-state index contributed by atoms with van der Waals surface area (Å²) in [5.41, 5.74) is 10.5. The number of aromatic nitrogens is 4. The first kappa shape index (κ1) is 25.8. The predicted octanol–water partition coefficient (Wildman–Crippen LogP) is 13.7. The monoisotopic (exact) mass is 771 g/mol. The molecule has 6 heteroatoms. The van der Waals surface area contributed by atoms with Crippen molar-refractivity contribution >= 4 is 28.0 Å². The van der Waals surface area contributed by atoms with Crippen LogP contribution in [0.5, 0.6) is 11.5 Å². The van der Waals surface area contributed by atoms with Crippen molar-refractivity contribution in [3.8, 4) is 78.4 Å². The van der Waals surface area contributed by atoms with Crippen LogP contribution in [0.1, 0.15) is 54.0 Å². The Kier molecular flexibility index (Phi) is 5.30. The number of ether oxygens (including phenoxy) is 1. The smallest absolute Gasteiger partial charge is 0.307 e. The molecule has 1 aliphatic carbocycles. The molecule has 0 atom stereocenters. The van der Waals surface area contributed by atoms with Crippen molar-refractivity contribution in [2.24, 2.45) is 0 Å². The first-order valence-electron chi connectivity index (χ1n) is 23.9. The van der Waals surface area contributed by atoms with E-state index in [1.807, 2.05) is 98.9 Å². The van der Waals surface area contributed by atoms with E-state index in [-0.39, 0.29) is 50.7 Å². The Balaban J connectivity index is 1.10. The molecule has 0 saturated heterocycles. The third-order valence-corrected chi connectivity index (χ3v) is 12.2. The highest BCUT2D eigenvalue weighted by molar-refractivity contribution is 6.03. The van der Waals surface area contributed by atoms with Gasteiger partial charge in [-0.05, 0) is 113 Å². The van der Waals surface area contributed by atoms with E-state index in [9.17, 15) is 0 Å². The van der Waals surface area contributed by atoms with Gasteiger partial charge in [-0.3, -0.25) is 4.40 Å². The summed E-state index contributed by atoms with van der Waals surface area (Å²) < 4.78 is 94.5. The Hall–Kier alpha value is -7.31. The fourth-order valence-electron chi connectivity index (χ4n) is 9.37. The zero-order chi connectivity index (χ0) is 47.2. The largest absolute Gasteiger partial charge is 0.456 e. The highest BCUT2D eigenvalue weighted by Gasteiger charge is 2.37. The van der Waals surface area contributed by atoms with Crippen molar-refractivity contribution in [2.75, 3.05) is 0 Å². The van der Waals surface area contributed by atoms with Gasteiger partial charge in [-0.1, -0.05) is 105 Å². The molecule has 6 nitrogen and oxygen atoms in total. The first-order chi connectivity index (χ1) is 32.4. The summed E-state index contributed by atoms with van der Waals surface area (Å²) in [6.45, 7) is -4.10. The minimum Gasteiger partial charge on any atom is -0.456 e. The van der Waals surface area contributed by atoms with Gasteiger partial charge in [0.2, 0.25) is 0 Å². The number of para-hydroxylation sites is 2. The number of nitrogens with zero attached hydrogens (tertiary/aromatic N) is 4. The number of benzene rings is 7. The third kappa shape index (κ3) is 4.71. The van der Waals surface area contributed by atoms with Crippen molar-refractivity contribution < 1.29 is 21.5 Å². The maximum Gasteiger partial charge on any atom is 0.307 e. The van der Waals surface area contributed by atoms with Gasteiger partial charge in [-0.25, -0.2) is 9.97 Å². The summed E-state index contributed by atoms with van der Waals surface area (Å²) in [5, 5.41) is 0. The summed E-state index contributed by atoms with van der Waals surface area (Å²) in [6, 6.07) is 39.2. The molecule has 0 fully saturated rings. The van der Waals surface area contributed by atoms with Gasteiger partial charge in [0.15, 0.2) is 5.58 Å². The van der Waals surface area contributed by atoms with Crippen molar-refractivity contribution in [3.63, 3.8) is 0 Å². The lowest BCUT2D eigenvalue weighted by Gasteiger charge is -2.37. The number of oxazole rings is 1. The predicted molar refractivity (Wildman–Crippen MR) is 237 cm³/mol. The fourth-order valence-corrected chi connectivity index (χ4v) is 9.37. The van der Waals surface area contributed by atoms with Gasteiger partial charge in [-0.2, -0.15) is 4.98 Å². The van der Waals surface area contributed by atoms with Crippen LogP contribution in [0.4, 0.5) is 0 Å². The Labute approximate surface area is 354 Å². The second-order valence-electron chi connectivity index (χ2n) is 15.8. The zero-order valence-electron chi connectivity index (χ0n) is 40.9. The summed E-state index contributed by atoms with van der Waals surface area (Å²) in [7, 11) is 0. The number of rotatable bonds is 2. The highest BCUT2D eigenvalue weighted by atomic mass is 16.5. The molecule has 0 unspecified atom stereocenters. The van der Waals surface area contributed by atoms with Crippen LogP contribution in [0.25, 0.3) is 94.9 Å². The van der Waals surface area contributed by atoms with E-state index in [1.165, 1.54) is 18.5 Å². The molecule has 0 bridgehead atoms. The average molecular weight is 772 g/mol. The highest BCUT2D eigenvalue weighted by Crippen LogP contribution is 2.55. The van der Waals surface area contributed by atoms with Crippen molar-refractivity contribution in [1.29, 1.82) is 0 Å². The first-order valence-corrected chi connectivity index (χ1v) is 19.4. The number of aryl methyl sites for hydroxylation is 3. The number of hydrogen-bond acceptors (Lipinski definition) is 5. The SMILES string of the molecule is [2H]C([2H])([2H])c1cc2c(cc1-c1c(C([2H])([2H])[2H])ccc3c1oc1nc4ccccc4n13)C(C)(C)c1ccc(C([2H])([2H])[2H])c(-c3ccc4c(c3)-c3ccccc3-c3ncncc3-c3ccccc3-4)c1O2. The van der Waals surface area contributed by atoms with E-state index < -0.39 is 26.0 Å². The molecule has 4 heterocycles. The standard InChI is InChI=1S/C53H38N4O2/c1-29-18-22-41-50(47(29)32-20-21-36-33-12-6-7-13-34(33)40-27-54-28-55-49(40)37-15-9-8-14-35(37)39(36)25-32)58-46-24-31(3)38(26-42(46)53(41,4)5)48-30(2)19-23-45-51(48)59-52-56-43-16-10-11-17-44(43)57(45)52/h6-28H,1-5H3/i1D3,2D3,3D3. The molecule has 0 saturated carbocycles. The van der Waals surface area contributed by atoms with Crippen molar-refractivity contribution in [1.82, 2.24) is 19.4 Å². The Morgan fingerprint density at radius 2 is 1.31 bits per heavy atom. The van der Waals surface area contributed by atoms with Crippen LogP contribution in [0.3, 0.4) is 0 Å². The lowest BCUT2D eigenvalue weighted by Crippen LogP contribution is -2.25. The molecule has 12 rings (SSSR count). The number of fused-ring (bicyclic) bond motifs is 15. The Morgan fingerprint density at radius 3 is 2.14 bits per heavy atom. The molecule has 1 aliphatic heterocycles. The molecule has 0 spiro atoms. The topological polar surface area (TPSA) is 65.5 Å². The molecule has 2 aliphatic rings. The molecular weight excluding hydrogens is 725 g/mol. The maximum atomic E-state index is 8.92. The molecule has 3 aromatic heterocycles. The maximum absolute atomic E-state index is 8.92. The van der Waals surface area contributed by atoms with Crippen LogP contribution in [0, 0.1) is 20.6 Å². The van der Waals surface area contributed by atoms with E-state index in [4.69, 9.17) is 26.5 Å². The van der Waals surface area contributed by atoms with Gasteiger partial charge in [0.25, 0.3) is 0 Å². The minimum absolute atomic E-state index is 0.0603. The zero-order valence-corrected chi connectivity index (χ0v) is 31.9. The quantitative estimate of drug-likeness (QED) is 0.175.